The molecule has 0 unspecified atom stereocenters. The molecule has 1 aromatic heterocycles. The zero-order valence-corrected chi connectivity index (χ0v) is 18.6. The van der Waals surface area contributed by atoms with Crippen LogP contribution in [0.15, 0.2) is 71.9 Å². The third kappa shape index (κ3) is 4.07. The number of rotatable bonds is 5. The number of fused-ring (bicyclic) bond motifs is 1. The number of nitrogens with zero attached hydrogens (tertiary/aromatic N) is 3. The van der Waals surface area contributed by atoms with Crippen molar-refractivity contribution in [1.29, 1.82) is 0 Å². The van der Waals surface area contributed by atoms with Gasteiger partial charge in [-0.2, -0.15) is 0 Å². The number of sulfonamides is 1. The minimum atomic E-state index is -3.80. The van der Waals surface area contributed by atoms with Gasteiger partial charge < -0.3 is 9.80 Å². The smallest absolute Gasteiger partial charge is 0.261 e. The SMILES string of the molecule is O=C1CCCN1c1ccc(S(=O)(=O)Nc2ccc3c(c2)CCN3C(=O)c2cccnc2)cc1. The monoisotopic (exact) mass is 462 g/mol. The molecule has 3 aromatic rings. The van der Waals surface area contributed by atoms with Crippen LogP contribution in [-0.4, -0.2) is 38.3 Å². The first-order valence-corrected chi connectivity index (χ1v) is 12.2. The fourth-order valence-corrected chi connectivity index (χ4v) is 5.31. The molecule has 1 fully saturated rings. The van der Waals surface area contributed by atoms with E-state index in [-0.39, 0.29) is 16.7 Å². The van der Waals surface area contributed by atoms with Crippen molar-refractivity contribution in [3.63, 3.8) is 0 Å². The van der Waals surface area contributed by atoms with E-state index in [0.717, 1.165) is 17.7 Å². The maximum Gasteiger partial charge on any atom is 0.261 e. The molecule has 3 heterocycles. The van der Waals surface area contributed by atoms with Gasteiger partial charge in [-0.3, -0.25) is 19.3 Å². The molecule has 2 aliphatic rings. The Balaban J connectivity index is 1.33. The quantitative estimate of drug-likeness (QED) is 0.628. The number of nitrogens with one attached hydrogen (secondary N) is 1. The van der Waals surface area contributed by atoms with E-state index in [1.165, 1.54) is 18.3 Å². The Bertz CT molecular complexity index is 1320. The van der Waals surface area contributed by atoms with Crippen LogP contribution in [0.5, 0.6) is 0 Å². The molecule has 1 saturated heterocycles. The Kier molecular flexibility index (Phi) is 5.33. The predicted molar refractivity (Wildman–Crippen MR) is 125 cm³/mol. The van der Waals surface area contributed by atoms with Gasteiger partial charge in [-0.1, -0.05) is 0 Å². The minimum absolute atomic E-state index is 0.0536. The highest BCUT2D eigenvalue weighted by Crippen LogP contribution is 2.32. The molecule has 2 aromatic carbocycles. The second-order valence-electron chi connectivity index (χ2n) is 8.04. The third-order valence-electron chi connectivity index (χ3n) is 5.91. The second kappa shape index (κ2) is 8.32. The molecule has 2 amide bonds. The van der Waals surface area contributed by atoms with Crippen molar-refractivity contribution in [2.75, 3.05) is 27.6 Å². The van der Waals surface area contributed by atoms with Crippen LogP contribution in [0.3, 0.4) is 0 Å². The molecule has 1 N–H and O–H groups in total. The molecule has 0 radical (unpaired) electrons. The molecule has 0 atom stereocenters. The second-order valence-corrected chi connectivity index (χ2v) is 9.72. The molecular weight excluding hydrogens is 440 g/mol. The van der Waals surface area contributed by atoms with Crippen LogP contribution in [0.25, 0.3) is 0 Å². The normalized spacial score (nSPS) is 15.6. The Labute approximate surface area is 191 Å². The van der Waals surface area contributed by atoms with Gasteiger partial charge in [-0.05, 0) is 73.0 Å². The van der Waals surface area contributed by atoms with E-state index in [9.17, 15) is 18.0 Å². The Morgan fingerprint density at radius 3 is 2.52 bits per heavy atom. The van der Waals surface area contributed by atoms with Crippen LogP contribution < -0.4 is 14.5 Å². The summed E-state index contributed by atoms with van der Waals surface area (Å²) in [6.45, 7) is 1.18. The molecule has 168 valence electrons. The molecule has 2 aliphatic heterocycles. The van der Waals surface area contributed by atoms with Crippen molar-refractivity contribution >= 4 is 38.9 Å². The van der Waals surface area contributed by atoms with E-state index in [4.69, 9.17) is 0 Å². The van der Waals surface area contributed by atoms with E-state index in [0.29, 0.717) is 42.9 Å². The molecule has 5 rings (SSSR count). The Morgan fingerprint density at radius 2 is 1.82 bits per heavy atom. The first-order chi connectivity index (χ1) is 15.9. The molecule has 0 aliphatic carbocycles. The number of hydrogen-bond donors (Lipinski definition) is 1. The summed E-state index contributed by atoms with van der Waals surface area (Å²) < 4.78 is 28.4. The Morgan fingerprint density at radius 1 is 1.00 bits per heavy atom. The highest BCUT2D eigenvalue weighted by molar-refractivity contribution is 7.92. The lowest BCUT2D eigenvalue weighted by molar-refractivity contribution is -0.117. The lowest BCUT2D eigenvalue weighted by Crippen LogP contribution is -2.28. The van der Waals surface area contributed by atoms with Gasteiger partial charge in [0.15, 0.2) is 0 Å². The highest BCUT2D eigenvalue weighted by atomic mass is 32.2. The fourth-order valence-electron chi connectivity index (χ4n) is 4.26. The molecule has 0 saturated carbocycles. The van der Waals surface area contributed by atoms with Crippen molar-refractivity contribution in [1.82, 2.24) is 4.98 Å². The van der Waals surface area contributed by atoms with Gasteiger partial charge in [0.1, 0.15) is 0 Å². The standard InChI is InChI=1S/C24H22N4O4S/c29-23-4-2-13-27(23)20-6-8-21(9-7-20)33(31,32)26-19-5-10-22-17(15-19)11-14-28(22)24(30)18-3-1-12-25-16-18/h1,3,5-10,12,15-16,26H,2,4,11,13-14H2. The maximum atomic E-state index is 12.9. The van der Waals surface area contributed by atoms with E-state index >= 15 is 0 Å². The lowest BCUT2D eigenvalue weighted by Gasteiger charge is -2.18. The molecule has 33 heavy (non-hydrogen) atoms. The first kappa shape index (κ1) is 21.1. The summed E-state index contributed by atoms with van der Waals surface area (Å²) in [6, 6.07) is 14.9. The molecule has 9 heteroatoms. The number of benzene rings is 2. The number of anilines is 3. The maximum absolute atomic E-state index is 12.9. The van der Waals surface area contributed by atoms with Gasteiger partial charge in [-0.25, -0.2) is 8.42 Å². The van der Waals surface area contributed by atoms with Crippen molar-refractivity contribution in [3.05, 3.63) is 78.1 Å². The predicted octanol–water partition coefficient (Wildman–Crippen LogP) is 3.21. The van der Waals surface area contributed by atoms with Gasteiger partial charge in [0, 0.05) is 49.0 Å². The van der Waals surface area contributed by atoms with Crippen LogP contribution in [0, 0.1) is 0 Å². The zero-order valence-electron chi connectivity index (χ0n) is 17.8. The van der Waals surface area contributed by atoms with E-state index in [1.54, 1.807) is 58.5 Å². The zero-order chi connectivity index (χ0) is 23.0. The number of carbonyl (C=O) groups excluding carboxylic acids is 2. The van der Waals surface area contributed by atoms with Gasteiger partial charge >= 0.3 is 0 Å². The van der Waals surface area contributed by atoms with Crippen LogP contribution in [0.4, 0.5) is 17.1 Å². The van der Waals surface area contributed by atoms with E-state index < -0.39 is 10.0 Å². The van der Waals surface area contributed by atoms with Crippen LogP contribution in [0.2, 0.25) is 0 Å². The van der Waals surface area contributed by atoms with Crippen LogP contribution in [0.1, 0.15) is 28.8 Å². The van der Waals surface area contributed by atoms with Gasteiger partial charge in [-0.15, -0.1) is 0 Å². The van der Waals surface area contributed by atoms with E-state index in [1.807, 2.05) is 0 Å². The van der Waals surface area contributed by atoms with Crippen molar-refractivity contribution < 1.29 is 18.0 Å². The summed E-state index contributed by atoms with van der Waals surface area (Å²) >= 11 is 0. The minimum Gasteiger partial charge on any atom is -0.312 e. The summed E-state index contributed by atoms with van der Waals surface area (Å²) in [7, 11) is -3.80. The lowest BCUT2D eigenvalue weighted by atomic mass is 10.1. The van der Waals surface area contributed by atoms with Gasteiger partial charge in [0.25, 0.3) is 15.9 Å². The molecule has 0 spiro atoms. The van der Waals surface area contributed by atoms with Crippen LogP contribution in [-0.2, 0) is 21.2 Å². The summed E-state index contributed by atoms with van der Waals surface area (Å²) in [5.41, 5.74) is 3.31. The van der Waals surface area contributed by atoms with Gasteiger partial charge in [0.2, 0.25) is 5.91 Å². The van der Waals surface area contributed by atoms with Crippen LogP contribution >= 0.6 is 0 Å². The van der Waals surface area contributed by atoms with E-state index in [2.05, 4.69) is 9.71 Å². The number of aromatic nitrogens is 1. The average molecular weight is 463 g/mol. The number of pyridine rings is 1. The molecule has 8 nitrogen and oxygen atoms in total. The topological polar surface area (TPSA) is 99.7 Å². The Hall–Kier alpha value is -3.72. The average Bonchev–Trinajstić information content (AvgIpc) is 3.45. The molecule has 0 bridgehead atoms. The third-order valence-corrected chi connectivity index (χ3v) is 7.31. The number of hydrogen-bond acceptors (Lipinski definition) is 5. The van der Waals surface area contributed by atoms with Crippen molar-refractivity contribution in [2.24, 2.45) is 0 Å². The molecular formula is C24H22N4O4S. The summed E-state index contributed by atoms with van der Waals surface area (Å²) in [5, 5.41) is 0. The van der Waals surface area contributed by atoms with Crippen molar-refractivity contribution in [2.45, 2.75) is 24.2 Å². The highest BCUT2D eigenvalue weighted by Gasteiger charge is 2.27. The number of carbonyl (C=O) groups is 2. The number of amides is 2. The van der Waals surface area contributed by atoms with Crippen molar-refractivity contribution in [3.8, 4) is 0 Å². The first-order valence-electron chi connectivity index (χ1n) is 10.7. The summed E-state index contributed by atoms with van der Waals surface area (Å²) in [4.78, 5) is 32.2. The fraction of sp³-hybridized carbons (Fsp3) is 0.208. The summed E-state index contributed by atoms with van der Waals surface area (Å²) in [6.07, 6.45) is 5.12. The largest absolute Gasteiger partial charge is 0.312 e. The van der Waals surface area contributed by atoms with Gasteiger partial charge in [0.05, 0.1) is 10.5 Å². The summed E-state index contributed by atoms with van der Waals surface area (Å²) in [5.74, 6) is -0.0790.